The molecule has 0 saturated heterocycles. The number of aromatic nitrogens is 1. The molecule has 0 aliphatic heterocycles. The molecule has 0 amide bonds. The minimum atomic E-state index is -1.09. The maximum Gasteiger partial charge on any atom is 0.329 e. The predicted molar refractivity (Wildman–Crippen MR) is 144 cm³/mol. The minimum Gasteiger partial charge on any atom is -0.505 e. The summed E-state index contributed by atoms with van der Waals surface area (Å²) in [6.45, 7) is 5.31. The number of nitrogens with zero attached hydrogens (tertiary/aromatic N) is 1. The van der Waals surface area contributed by atoms with E-state index in [1.54, 1.807) is 31.3 Å². The van der Waals surface area contributed by atoms with Crippen molar-refractivity contribution in [1.29, 1.82) is 0 Å². The Bertz CT molecular complexity index is 1310. The summed E-state index contributed by atoms with van der Waals surface area (Å²) in [5.41, 5.74) is 6.39. The number of ketones is 1. The van der Waals surface area contributed by atoms with Gasteiger partial charge in [0.25, 0.3) is 0 Å². The number of esters is 1. The Morgan fingerprint density at radius 2 is 1.87 bits per heavy atom. The van der Waals surface area contributed by atoms with Gasteiger partial charge in [0.15, 0.2) is 17.3 Å². The number of hydrogen-bond acceptors (Lipinski definition) is 7. The van der Waals surface area contributed by atoms with Crippen LogP contribution in [-0.4, -0.2) is 40.2 Å². The van der Waals surface area contributed by atoms with Crippen LogP contribution in [0.2, 0.25) is 0 Å². The molecule has 1 aromatic heterocycles. The number of carbonyl (C=O) groups excluding carboxylic acids is 2. The third-order valence-corrected chi connectivity index (χ3v) is 6.75. The lowest BCUT2D eigenvalue weighted by atomic mass is 9.77. The highest BCUT2D eigenvalue weighted by Gasteiger charge is 2.31. The zero-order chi connectivity index (χ0) is 27.9. The van der Waals surface area contributed by atoms with Gasteiger partial charge in [0, 0.05) is 35.6 Å². The Hall–Kier alpha value is -3.62. The fourth-order valence-electron chi connectivity index (χ4n) is 4.24. The number of benzene rings is 2. The van der Waals surface area contributed by atoms with Crippen LogP contribution in [0.3, 0.4) is 0 Å². The van der Waals surface area contributed by atoms with Crippen LogP contribution in [0, 0.1) is 23.1 Å². The zero-order valence-corrected chi connectivity index (χ0v) is 21.9. The molecule has 0 aliphatic carbocycles. The van der Waals surface area contributed by atoms with Gasteiger partial charge in [-0.2, -0.15) is 0 Å². The zero-order valence-electron chi connectivity index (χ0n) is 21.9. The molecule has 0 spiro atoms. The van der Waals surface area contributed by atoms with E-state index >= 15 is 0 Å². The number of allylic oxidation sites excluding steroid dienone is 2. The second-order valence-corrected chi connectivity index (χ2v) is 10.4. The second kappa shape index (κ2) is 12.8. The standard InChI is InChI=1S/C30H35FN2O5/c1-19(26(35)13-7-11-20-10-6-12-24(31)28(20)36)23(15-30(2,3)18-34)17-38-29(37)27(32)25-14-21-8-4-5-9-22(21)16-33-25/h4-10,12-14,16,19,23,27,34,36H,11,15,17-18,32H2,1-3H3/b13-7+/t19?,23-,27?/m0/s1. The third kappa shape index (κ3) is 7.46. The van der Waals surface area contributed by atoms with Crippen LogP contribution in [-0.2, 0) is 20.7 Å². The lowest BCUT2D eigenvalue weighted by Gasteiger charge is -2.30. The summed E-state index contributed by atoms with van der Waals surface area (Å²) in [7, 11) is 0. The van der Waals surface area contributed by atoms with E-state index in [9.17, 15) is 24.2 Å². The van der Waals surface area contributed by atoms with Crippen molar-refractivity contribution >= 4 is 22.5 Å². The van der Waals surface area contributed by atoms with Crippen LogP contribution in [0.15, 0.2) is 66.9 Å². The molecule has 0 bridgehead atoms. The van der Waals surface area contributed by atoms with Gasteiger partial charge in [0.1, 0.15) is 6.04 Å². The van der Waals surface area contributed by atoms with Crippen LogP contribution in [0.1, 0.15) is 44.5 Å². The van der Waals surface area contributed by atoms with E-state index in [1.165, 1.54) is 12.1 Å². The van der Waals surface area contributed by atoms with Crippen molar-refractivity contribution < 1.29 is 28.9 Å². The number of ether oxygens (including phenoxy) is 1. The highest BCUT2D eigenvalue weighted by atomic mass is 19.1. The SMILES string of the molecule is CC(C(=O)/C=C/Cc1cccc(F)c1O)[C@H](COC(=O)C(N)c1cc2ccccc2cn1)CC(C)(C)CO. The molecule has 7 nitrogen and oxygen atoms in total. The van der Waals surface area contributed by atoms with Crippen LogP contribution in [0.4, 0.5) is 4.39 Å². The molecule has 0 saturated carbocycles. The van der Waals surface area contributed by atoms with E-state index < -0.39 is 40.8 Å². The lowest BCUT2D eigenvalue weighted by Crippen LogP contribution is -2.33. The highest BCUT2D eigenvalue weighted by Crippen LogP contribution is 2.31. The molecule has 2 unspecified atom stereocenters. The van der Waals surface area contributed by atoms with Gasteiger partial charge in [-0.05, 0) is 41.9 Å². The first-order chi connectivity index (χ1) is 18.0. The first-order valence-corrected chi connectivity index (χ1v) is 12.6. The molecule has 1 heterocycles. The van der Waals surface area contributed by atoms with Crippen molar-refractivity contribution in [3.8, 4) is 5.75 Å². The van der Waals surface area contributed by atoms with E-state index in [-0.39, 0.29) is 25.4 Å². The van der Waals surface area contributed by atoms with Crippen LogP contribution in [0.25, 0.3) is 10.8 Å². The van der Waals surface area contributed by atoms with Crippen molar-refractivity contribution in [3.05, 3.63) is 84.0 Å². The van der Waals surface area contributed by atoms with E-state index in [1.807, 2.05) is 38.1 Å². The largest absolute Gasteiger partial charge is 0.505 e. The molecule has 2 aromatic carbocycles. The Morgan fingerprint density at radius 1 is 1.16 bits per heavy atom. The van der Waals surface area contributed by atoms with Gasteiger partial charge in [-0.15, -0.1) is 0 Å². The van der Waals surface area contributed by atoms with Crippen LogP contribution >= 0.6 is 0 Å². The van der Waals surface area contributed by atoms with Gasteiger partial charge in [-0.1, -0.05) is 63.2 Å². The molecule has 38 heavy (non-hydrogen) atoms. The number of phenolic OH excluding ortho intramolecular Hbond substituents is 1. The van der Waals surface area contributed by atoms with Gasteiger partial charge < -0.3 is 20.7 Å². The smallest absolute Gasteiger partial charge is 0.329 e. The van der Waals surface area contributed by atoms with Crippen molar-refractivity contribution in [3.63, 3.8) is 0 Å². The van der Waals surface area contributed by atoms with Gasteiger partial charge in [-0.25, -0.2) is 9.18 Å². The number of pyridine rings is 1. The van der Waals surface area contributed by atoms with E-state index in [0.29, 0.717) is 17.7 Å². The highest BCUT2D eigenvalue weighted by molar-refractivity contribution is 5.91. The number of phenols is 1. The Morgan fingerprint density at radius 3 is 2.58 bits per heavy atom. The minimum absolute atomic E-state index is 0.0605. The molecule has 3 atom stereocenters. The summed E-state index contributed by atoms with van der Waals surface area (Å²) in [5, 5.41) is 21.5. The maximum absolute atomic E-state index is 13.6. The molecular formula is C30H35FN2O5. The average molecular weight is 523 g/mol. The summed E-state index contributed by atoms with van der Waals surface area (Å²) >= 11 is 0. The van der Waals surface area contributed by atoms with Crippen molar-refractivity contribution in [2.75, 3.05) is 13.2 Å². The maximum atomic E-state index is 13.6. The number of carbonyl (C=O) groups is 2. The first-order valence-electron chi connectivity index (χ1n) is 12.6. The van der Waals surface area contributed by atoms with Crippen molar-refractivity contribution in [2.24, 2.45) is 23.0 Å². The third-order valence-electron chi connectivity index (χ3n) is 6.75. The number of aromatic hydroxyl groups is 1. The van der Waals surface area contributed by atoms with Crippen LogP contribution < -0.4 is 5.73 Å². The number of halogens is 1. The number of aliphatic hydroxyl groups excluding tert-OH is 1. The molecule has 8 heteroatoms. The van der Waals surface area contributed by atoms with Gasteiger partial charge >= 0.3 is 5.97 Å². The van der Waals surface area contributed by atoms with Crippen LogP contribution in [0.5, 0.6) is 5.75 Å². The Kier molecular flexibility index (Phi) is 9.72. The van der Waals surface area contributed by atoms with Gasteiger partial charge in [-0.3, -0.25) is 9.78 Å². The predicted octanol–water partition coefficient (Wildman–Crippen LogP) is 4.65. The number of nitrogens with two attached hydrogens (primary N) is 1. The molecule has 0 fully saturated rings. The molecule has 3 aromatic rings. The molecule has 4 N–H and O–H groups in total. The number of hydrogen-bond donors (Lipinski definition) is 3. The first kappa shape index (κ1) is 28.9. The average Bonchev–Trinajstić information content (AvgIpc) is 2.91. The van der Waals surface area contributed by atoms with E-state index in [4.69, 9.17) is 10.5 Å². The summed E-state index contributed by atoms with van der Waals surface area (Å²) < 4.78 is 19.1. The monoisotopic (exact) mass is 522 g/mol. The quantitative estimate of drug-likeness (QED) is 0.234. The second-order valence-electron chi connectivity index (χ2n) is 10.4. The molecule has 202 valence electrons. The number of fused-ring (bicyclic) bond motifs is 1. The Balaban J connectivity index is 1.68. The molecular weight excluding hydrogens is 487 g/mol. The number of para-hydroxylation sites is 1. The normalized spacial score (nSPS) is 14.4. The molecule has 0 aliphatic rings. The van der Waals surface area contributed by atoms with E-state index in [2.05, 4.69) is 4.98 Å². The van der Waals surface area contributed by atoms with Gasteiger partial charge in [0.05, 0.1) is 12.3 Å². The molecule has 3 rings (SSSR count). The number of rotatable bonds is 12. The summed E-state index contributed by atoms with van der Waals surface area (Å²) in [6, 6.07) is 12.5. The fourth-order valence-corrected chi connectivity index (χ4v) is 4.24. The number of aliphatic hydroxyl groups is 1. The van der Waals surface area contributed by atoms with Crippen molar-refractivity contribution in [2.45, 2.75) is 39.7 Å². The fraction of sp³-hybridized carbons (Fsp3) is 0.367. The van der Waals surface area contributed by atoms with Crippen molar-refractivity contribution in [1.82, 2.24) is 4.98 Å². The summed E-state index contributed by atoms with van der Waals surface area (Å²) in [6.07, 6.45) is 5.21. The molecule has 0 radical (unpaired) electrons. The summed E-state index contributed by atoms with van der Waals surface area (Å²) in [5.74, 6) is -2.96. The lowest BCUT2D eigenvalue weighted by molar-refractivity contribution is -0.148. The summed E-state index contributed by atoms with van der Waals surface area (Å²) in [4.78, 5) is 30.1. The van der Waals surface area contributed by atoms with E-state index in [0.717, 1.165) is 16.8 Å². The Labute approximate surface area is 222 Å². The van der Waals surface area contributed by atoms with Gasteiger partial charge in [0.2, 0.25) is 0 Å². The topological polar surface area (TPSA) is 123 Å².